The molecule has 6 nitrogen and oxygen atoms in total. The van der Waals surface area contributed by atoms with Crippen LogP contribution in [0, 0.1) is 5.82 Å². The van der Waals surface area contributed by atoms with Crippen LogP contribution >= 0.6 is 11.6 Å². The topological polar surface area (TPSA) is 57.2 Å². The lowest BCUT2D eigenvalue weighted by Crippen LogP contribution is -2.47. The second-order valence-electron chi connectivity index (χ2n) is 6.23. The molecule has 1 N–H and O–H groups in total. The second-order valence-corrected chi connectivity index (χ2v) is 6.67. The smallest absolute Gasteiger partial charge is 0.247 e. The van der Waals surface area contributed by atoms with Gasteiger partial charge in [-0.25, -0.2) is 4.39 Å². The predicted octanol–water partition coefficient (Wildman–Crippen LogP) is 3.73. The van der Waals surface area contributed by atoms with E-state index in [9.17, 15) is 4.39 Å². The Morgan fingerprint density at radius 1 is 0.963 bits per heavy atom. The van der Waals surface area contributed by atoms with Crippen LogP contribution in [0.5, 0.6) is 0 Å². The molecule has 3 aromatic rings. The van der Waals surface area contributed by atoms with Crippen molar-refractivity contribution in [1.29, 1.82) is 0 Å². The Kier molecular flexibility index (Phi) is 5.02. The van der Waals surface area contributed by atoms with Gasteiger partial charge in [0.2, 0.25) is 5.95 Å². The number of anilines is 4. The number of nitrogens with zero attached hydrogens (tertiary/aromatic N) is 5. The Balaban J connectivity index is 1.42. The summed E-state index contributed by atoms with van der Waals surface area (Å²) in [4.78, 5) is 8.88. The van der Waals surface area contributed by atoms with Gasteiger partial charge in [0.1, 0.15) is 5.82 Å². The van der Waals surface area contributed by atoms with E-state index in [2.05, 4.69) is 36.4 Å². The van der Waals surface area contributed by atoms with Gasteiger partial charge in [0, 0.05) is 42.6 Å². The average Bonchev–Trinajstić information content (AvgIpc) is 2.68. The lowest BCUT2D eigenvalue weighted by Gasteiger charge is -2.36. The molecule has 4 rings (SSSR count). The summed E-state index contributed by atoms with van der Waals surface area (Å²) in [7, 11) is 0. The number of benzene rings is 2. The first-order valence-corrected chi connectivity index (χ1v) is 9.03. The fraction of sp³-hybridized carbons (Fsp3) is 0.211. The van der Waals surface area contributed by atoms with Crippen LogP contribution in [0.1, 0.15) is 0 Å². The van der Waals surface area contributed by atoms with Gasteiger partial charge in [-0.05, 0) is 36.4 Å². The molecule has 1 aromatic heterocycles. The zero-order chi connectivity index (χ0) is 18.6. The highest BCUT2D eigenvalue weighted by Crippen LogP contribution is 2.22. The standard InChI is InChI=1S/C19H18ClFN6/c20-14-3-1-6-17(11-14)26-7-9-27(10-8-26)19-24-18(13-22-25-19)23-16-5-2-4-15(21)12-16/h1-6,11-13H,7-10H2,(H,23,24,25). The van der Waals surface area contributed by atoms with Crippen molar-refractivity contribution in [2.45, 2.75) is 0 Å². The van der Waals surface area contributed by atoms with Crippen molar-refractivity contribution >= 4 is 34.7 Å². The van der Waals surface area contributed by atoms with Crippen LogP contribution in [0.25, 0.3) is 0 Å². The summed E-state index contributed by atoms with van der Waals surface area (Å²) in [6.45, 7) is 3.23. The van der Waals surface area contributed by atoms with Gasteiger partial charge in [-0.3, -0.25) is 0 Å². The van der Waals surface area contributed by atoms with E-state index < -0.39 is 0 Å². The molecule has 0 saturated carbocycles. The Morgan fingerprint density at radius 3 is 2.52 bits per heavy atom. The van der Waals surface area contributed by atoms with E-state index in [1.807, 2.05) is 18.2 Å². The van der Waals surface area contributed by atoms with Gasteiger partial charge in [-0.2, -0.15) is 10.1 Å². The van der Waals surface area contributed by atoms with Crippen LogP contribution < -0.4 is 15.1 Å². The van der Waals surface area contributed by atoms with Crippen LogP contribution in [0.2, 0.25) is 5.02 Å². The Morgan fingerprint density at radius 2 is 1.74 bits per heavy atom. The molecule has 0 bridgehead atoms. The van der Waals surface area contributed by atoms with Crippen molar-refractivity contribution in [1.82, 2.24) is 15.2 Å². The Labute approximate surface area is 161 Å². The molecule has 0 unspecified atom stereocenters. The molecule has 0 radical (unpaired) electrons. The molecule has 1 aliphatic rings. The number of aromatic nitrogens is 3. The quantitative estimate of drug-likeness (QED) is 0.739. The largest absolute Gasteiger partial charge is 0.368 e. The van der Waals surface area contributed by atoms with Gasteiger partial charge in [-0.15, -0.1) is 5.10 Å². The van der Waals surface area contributed by atoms with Gasteiger partial charge in [-0.1, -0.05) is 23.7 Å². The van der Waals surface area contributed by atoms with E-state index in [0.29, 0.717) is 17.5 Å². The van der Waals surface area contributed by atoms with Crippen LogP contribution in [-0.2, 0) is 0 Å². The van der Waals surface area contributed by atoms with Crippen molar-refractivity contribution in [3.05, 3.63) is 65.6 Å². The van der Waals surface area contributed by atoms with Gasteiger partial charge in [0.05, 0.1) is 6.20 Å². The molecular formula is C19H18ClFN6. The highest BCUT2D eigenvalue weighted by atomic mass is 35.5. The molecule has 1 saturated heterocycles. The van der Waals surface area contributed by atoms with Crippen molar-refractivity contribution in [2.24, 2.45) is 0 Å². The molecule has 138 valence electrons. The SMILES string of the molecule is Fc1cccc(Nc2cnnc(N3CCN(c4cccc(Cl)c4)CC3)n2)c1. The minimum atomic E-state index is -0.306. The Hall–Kier alpha value is -2.93. The molecule has 1 aliphatic heterocycles. The van der Waals surface area contributed by atoms with Crippen molar-refractivity contribution < 1.29 is 4.39 Å². The maximum absolute atomic E-state index is 13.3. The summed E-state index contributed by atoms with van der Waals surface area (Å²) in [6, 6.07) is 14.1. The minimum Gasteiger partial charge on any atom is -0.368 e. The summed E-state index contributed by atoms with van der Waals surface area (Å²) in [5.41, 5.74) is 1.73. The van der Waals surface area contributed by atoms with E-state index in [0.717, 1.165) is 36.9 Å². The molecule has 2 aromatic carbocycles. The molecule has 0 amide bonds. The minimum absolute atomic E-state index is 0.306. The first kappa shape index (κ1) is 17.5. The number of hydrogen-bond acceptors (Lipinski definition) is 6. The van der Waals surface area contributed by atoms with Gasteiger partial charge >= 0.3 is 0 Å². The summed E-state index contributed by atoms with van der Waals surface area (Å²) < 4.78 is 13.3. The number of rotatable bonds is 4. The maximum atomic E-state index is 13.3. The summed E-state index contributed by atoms with van der Waals surface area (Å²) >= 11 is 6.09. The van der Waals surface area contributed by atoms with Gasteiger partial charge < -0.3 is 15.1 Å². The summed E-state index contributed by atoms with van der Waals surface area (Å²) in [5, 5.41) is 12.0. The van der Waals surface area contributed by atoms with Gasteiger partial charge in [0.25, 0.3) is 0 Å². The molecule has 8 heteroatoms. The van der Waals surface area contributed by atoms with Crippen molar-refractivity contribution in [3.63, 3.8) is 0 Å². The molecule has 27 heavy (non-hydrogen) atoms. The van der Waals surface area contributed by atoms with Crippen LogP contribution in [0.3, 0.4) is 0 Å². The molecule has 0 aliphatic carbocycles. The number of nitrogens with one attached hydrogen (secondary N) is 1. The van der Waals surface area contributed by atoms with Crippen LogP contribution in [-0.4, -0.2) is 41.4 Å². The fourth-order valence-corrected chi connectivity index (χ4v) is 3.22. The first-order valence-electron chi connectivity index (χ1n) is 8.65. The van der Waals surface area contributed by atoms with Crippen molar-refractivity contribution in [3.8, 4) is 0 Å². The van der Waals surface area contributed by atoms with E-state index in [-0.39, 0.29) is 5.82 Å². The number of hydrogen-bond donors (Lipinski definition) is 1. The second kappa shape index (κ2) is 7.75. The van der Waals surface area contributed by atoms with Crippen molar-refractivity contribution in [2.75, 3.05) is 41.3 Å². The van der Waals surface area contributed by atoms with E-state index in [1.165, 1.54) is 18.3 Å². The zero-order valence-corrected chi connectivity index (χ0v) is 15.3. The van der Waals surface area contributed by atoms with Crippen LogP contribution in [0.4, 0.5) is 27.5 Å². The summed E-state index contributed by atoms with van der Waals surface area (Å²) in [6.07, 6.45) is 1.52. The fourth-order valence-electron chi connectivity index (χ4n) is 3.04. The monoisotopic (exact) mass is 384 g/mol. The highest BCUT2D eigenvalue weighted by Gasteiger charge is 2.20. The number of piperazine rings is 1. The van der Waals surface area contributed by atoms with Gasteiger partial charge in [0.15, 0.2) is 5.82 Å². The van der Waals surface area contributed by atoms with E-state index >= 15 is 0 Å². The lowest BCUT2D eigenvalue weighted by molar-refractivity contribution is 0.628. The molecule has 0 atom stereocenters. The molecule has 0 spiro atoms. The first-order chi connectivity index (χ1) is 13.2. The Bertz CT molecular complexity index is 929. The number of halogens is 2. The van der Waals surface area contributed by atoms with Crippen LogP contribution in [0.15, 0.2) is 54.7 Å². The third kappa shape index (κ3) is 4.25. The highest BCUT2D eigenvalue weighted by molar-refractivity contribution is 6.30. The molecular weight excluding hydrogens is 367 g/mol. The average molecular weight is 385 g/mol. The summed E-state index contributed by atoms with van der Waals surface area (Å²) in [5.74, 6) is 0.782. The lowest BCUT2D eigenvalue weighted by atomic mass is 10.2. The molecule has 2 heterocycles. The van der Waals surface area contributed by atoms with E-state index in [4.69, 9.17) is 11.6 Å². The maximum Gasteiger partial charge on any atom is 0.247 e. The zero-order valence-electron chi connectivity index (χ0n) is 14.5. The molecule has 1 fully saturated rings. The predicted molar refractivity (Wildman–Crippen MR) is 105 cm³/mol. The third-order valence-electron chi connectivity index (χ3n) is 4.38. The normalized spacial score (nSPS) is 14.3. The van der Waals surface area contributed by atoms with E-state index in [1.54, 1.807) is 12.1 Å². The third-order valence-corrected chi connectivity index (χ3v) is 4.62.